The van der Waals surface area contributed by atoms with E-state index in [9.17, 15) is 8.42 Å². The number of hydrogen-bond acceptors (Lipinski definition) is 3. The molecule has 0 unspecified atom stereocenters. The number of hydrogen-bond donors (Lipinski definition) is 1. The average molecular weight is 305 g/mol. The van der Waals surface area contributed by atoms with Crippen molar-refractivity contribution >= 4 is 26.8 Å². The lowest BCUT2D eigenvalue weighted by Crippen LogP contribution is -2.36. The van der Waals surface area contributed by atoms with Crippen molar-refractivity contribution in [2.75, 3.05) is 17.8 Å². The van der Waals surface area contributed by atoms with E-state index in [1.54, 1.807) is 16.6 Å². The molecule has 2 aromatic rings. The molecule has 5 nitrogen and oxygen atoms in total. The van der Waals surface area contributed by atoms with Crippen LogP contribution in [0.4, 0.5) is 5.69 Å². The zero-order valence-corrected chi connectivity index (χ0v) is 12.6. The minimum Gasteiger partial charge on any atom is -0.269 e. The molecule has 1 fully saturated rings. The normalized spacial score (nSPS) is 17.5. The van der Waals surface area contributed by atoms with Gasteiger partial charge in [-0.2, -0.15) is 12.7 Å². The highest BCUT2D eigenvalue weighted by molar-refractivity contribution is 7.90. The first-order chi connectivity index (χ1) is 10.2. The van der Waals surface area contributed by atoms with Gasteiger partial charge in [-0.3, -0.25) is 9.71 Å². The minimum absolute atomic E-state index is 0.539. The molecule has 0 atom stereocenters. The molecule has 1 aliphatic rings. The Labute approximate surface area is 125 Å². The zero-order valence-electron chi connectivity index (χ0n) is 11.8. The maximum atomic E-state index is 12.5. The largest absolute Gasteiger partial charge is 0.301 e. The SMILES string of the molecule is O=S(=O)(Nc1cccc2cccnc12)N1CCCCCC1. The molecule has 3 rings (SSSR count). The van der Waals surface area contributed by atoms with Crippen molar-refractivity contribution < 1.29 is 8.42 Å². The number of para-hydroxylation sites is 1. The van der Waals surface area contributed by atoms with Crippen LogP contribution in [-0.4, -0.2) is 30.8 Å². The van der Waals surface area contributed by atoms with Crippen molar-refractivity contribution in [1.82, 2.24) is 9.29 Å². The second-order valence-electron chi connectivity index (χ2n) is 5.30. The number of nitrogens with one attached hydrogen (secondary N) is 1. The molecule has 112 valence electrons. The predicted octanol–water partition coefficient (Wildman–Crippen LogP) is 2.77. The van der Waals surface area contributed by atoms with Crippen molar-refractivity contribution in [3.63, 3.8) is 0 Å². The first-order valence-corrected chi connectivity index (χ1v) is 8.72. The van der Waals surface area contributed by atoms with Crippen LogP contribution in [0.5, 0.6) is 0 Å². The van der Waals surface area contributed by atoms with E-state index < -0.39 is 10.2 Å². The fourth-order valence-electron chi connectivity index (χ4n) is 2.67. The van der Waals surface area contributed by atoms with Gasteiger partial charge in [-0.25, -0.2) is 0 Å². The molecule has 21 heavy (non-hydrogen) atoms. The summed E-state index contributed by atoms with van der Waals surface area (Å²) in [4.78, 5) is 4.28. The number of aromatic nitrogens is 1. The molecule has 1 aromatic heterocycles. The summed E-state index contributed by atoms with van der Waals surface area (Å²) >= 11 is 0. The van der Waals surface area contributed by atoms with Crippen LogP contribution in [-0.2, 0) is 10.2 Å². The van der Waals surface area contributed by atoms with Gasteiger partial charge in [0.2, 0.25) is 0 Å². The Hall–Kier alpha value is -1.66. The number of benzene rings is 1. The number of pyridine rings is 1. The van der Waals surface area contributed by atoms with Crippen LogP contribution < -0.4 is 4.72 Å². The number of fused-ring (bicyclic) bond motifs is 1. The lowest BCUT2D eigenvalue weighted by Gasteiger charge is -2.21. The molecule has 0 radical (unpaired) electrons. The summed E-state index contributed by atoms with van der Waals surface area (Å²) in [5, 5.41) is 0.925. The van der Waals surface area contributed by atoms with Crippen LogP contribution in [0, 0.1) is 0 Å². The van der Waals surface area contributed by atoms with Gasteiger partial charge in [0.1, 0.15) is 0 Å². The second-order valence-corrected chi connectivity index (χ2v) is 6.97. The van der Waals surface area contributed by atoms with E-state index in [4.69, 9.17) is 0 Å². The van der Waals surface area contributed by atoms with Crippen molar-refractivity contribution in [3.8, 4) is 0 Å². The van der Waals surface area contributed by atoms with Crippen LogP contribution in [0.25, 0.3) is 10.9 Å². The molecule has 1 saturated heterocycles. The van der Waals surface area contributed by atoms with Crippen LogP contribution >= 0.6 is 0 Å². The molecule has 0 amide bonds. The van der Waals surface area contributed by atoms with E-state index >= 15 is 0 Å². The standard InChI is InChI=1S/C15H19N3O2S/c19-21(20,18-11-3-1-2-4-12-18)17-14-9-5-7-13-8-6-10-16-15(13)14/h5-10,17H,1-4,11-12H2. The van der Waals surface area contributed by atoms with Gasteiger partial charge in [-0.1, -0.05) is 31.0 Å². The summed E-state index contributed by atoms with van der Waals surface area (Å²) in [5.74, 6) is 0. The Balaban J connectivity index is 1.90. The van der Waals surface area contributed by atoms with Gasteiger partial charge in [0.05, 0.1) is 11.2 Å². The van der Waals surface area contributed by atoms with Crippen molar-refractivity contribution in [2.24, 2.45) is 0 Å². The molecular weight excluding hydrogens is 286 g/mol. The predicted molar refractivity (Wildman–Crippen MR) is 84.3 cm³/mol. The fourth-order valence-corrected chi connectivity index (χ4v) is 3.98. The Bertz CT molecular complexity index is 717. The second kappa shape index (κ2) is 5.99. The van der Waals surface area contributed by atoms with Gasteiger partial charge in [0.25, 0.3) is 0 Å². The smallest absolute Gasteiger partial charge is 0.269 e. The van der Waals surface area contributed by atoms with Crippen LogP contribution in [0.1, 0.15) is 25.7 Å². The highest BCUT2D eigenvalue weighted by Gasteiger charge is 2.23. The summed E-state index contributed by atoms with van der Waals surface area (Å²) in [6.45, 7) is 1.18. The van der Waals surface area contributed by atoms with E-state index in [2.05, 4.69) is 9.71 Å². The molecule has 0 saturated carbocycles. The lowest BCUT2D eigenvalue weighted by atomic mass is 10.2. The van der Waals surface area contributed by atoms with Gasteiger partial charge < -0.3 is 0 Å². The third kappa shape index (κ3) is 3.16. The topological polar surface area (TPSA) is 62.3 Å². The van der Waals surface area contributed by atoms with Crippen LogP contribution in [0.2, 0.25) is 0 Å². The zero-order chi connectivity index (χ0) is 14.7. The fraction of sp³-hybridized carbons (Fsp3) is 0.400. The van der Waals surface area contributed by atoms with E-state index in [0.717, 1.165) is 31.1 Å². The number of nitrogens with zero attached hydrogens (tertiary/aromatic N) is 2. The molecule has 1 N–H and O–H groups in total. The summed E-state index contributed by atoms with van der Waals surface area (Å²) in [7, 11) is -3.51. The molecule has 1 aromatic carbocycles. The molecule has 1 aliphatic heterocycles. The molecule has 2 heterocycles. The lowest BCUT2D eigenvalue weighted by molar-refractivity contribution is 0.427. The van der Waals surface area contributed by atoms with E-state index in [0.29, 0.717) is 24.3 Å². The Morgan fingerprint density at radius 1 is 1.00 bits per heavy atom. The molecule has 0 aliphatic carbocycles. The highest BCUT2D eigenvalue weighted by Crippen LogP contribution is 2.23. The molecule has 6 heteroatoms. The van der Waals surface area contributed by atoms with Gasteiger partial charge >= 0.3 is 10.2 Å². The Morgan fingerprint density at radius 3 is 2.48 bits per heavy atom. The maximum Gasteiger partial charge on any atom is 0.301 e. The van der Waals surface area contributed by atoms with E-state index in [1.165, 1.54) is 0 Å². The Kier molecular flexibility index (Phi) is 4.07. The molecular formula is C15H19N3O2S. The monoisotopic (exact) mass is 305 g/mol. The summed E-state index contributed by atoms with van der Waals surface area (Å²) < 4.78 is 29.3. The minimum atomic E-state index is -3.51. The van der Waals surface area contributed by atoms with Gasteiger partial charge in [0, 0.05) is 24.7 Å². The summed E-state index contributed by atoms with van der Waals surface area (Å²) in [6, 6.07) is 9.28. The summed E-state index contributed by atoms with van der Waals surface area (Å²) in [6.07, 6.45) is 5.72. The van der Waals surface area contributed by atoms with Crippen molar-refractivity contribution in [3.05, 3.63) is 36.5 Å². The quantitative estimate of drug-likeness (QED) is 0.948. The Morgan fingerprint density at radius 2 is 1.71 bits per heavy atom. The third-order valence-electron chi connectivity index (χ3n) is 3.78. The van der Waals surface area contributed by atoms with Gasteiger partial charge in [-0.05, 0) is 25.0 Å². The van der Waals surface area contributed by atoms with Crippen molar-refractivity contribution in [2.45, 2.75) is 25.7 Å². The van der Waals surface area contributed by atoms with E-state index in [-0.39, 0.29) is 0 Å². The van der Waals surface area contributed by atoms with Crippen LogP contribution in [0.3, 0.4) is 0 Å². The first-order valence-electron chi connectivity index (χ1n) is 7.28. The third-order valence-corrected chi connectivity index (χ3v) is 5.30. The van der Waals surface area contributed by atoms with Crippen molar-refractivity contribution in [1.29, 1.82) is 0 Å². The molecule has 0 bridgehead atoms. The van der Waals surface area contributed by atoms with Crippen LogP contribution in [0.15, 0.2) is 36.5 Å². The first kappa shape index (κ1) is 14.3. The van der Waals surface area contributed by atoms with Gasteiger partial charge in [0.15, 0.2) is 0 Å². The number of anilines is 1. The maximum absolute atomic E-state index is 12.5. The molecule has 0 spiro atoms. The van der Waals surface area contributed by atoms with E-state index in [1.807, 2.05) is 24.3 Å². The highest BCUT2D eigenvalue weighted by atomic mass is 32.2. The summed E-state index contributed by atoms with van der Waals surface area (Å²) in [5.41, 5.74) is 1.22. The average Bonchev–Trinajstić information content (AvgIpc) is 2.77. The van der Waals surface area contributed by atoms with Gasteiger partial charge in [-0.15, -0.1) is 0 Å². The number of rotatable bonds is 3.